The molecule has 17 heavy (non-hydrogen) atoms. The van der Waals surface area contributed by atoms with Gasteiger partial charge in [-0.05, 0) is 51.8 Å². The first-order valence-electron chi connectivity index (χ1n) is 4.79. The molecule has 0 N–H and O–H groups in total. The Morgan fingerprint density at radius 1 is 1.24 bits per heavy atom. The van der Waals surface area contributed by atoms with Gasteiger partial charge in [-0.1, -0.05) is 0 Å². The summed E-state index contributed by atoms with van der Waals surface area (Å²) in [5.74, 6) is -1.47. The molecule has 5 heteroatoms. The van der Waals surface area contributed by atoms with Crippen molar-refractivity contribution in [3.63, 3.8) is 0 Å². The van der Waals surface area contributed by atoms with Crippen LogP contribution in [-0.4, -0.2) is 5.78 Å². The van der Waals surface area contributed by atoms with Crippen molar-refractivity contribution < 1.29 is 18.0 Å². The van der Waals surface area contributed by atoms with E-state index in [1.165, 1.54) is 6.07 Å². The molecule has 1 heterocycles. The number of furan rings is 1. The van der Waals surface area contributed by atoms with Crippen LogP contribution in [0.1, 0.15) is 16.1 Å². The third-order valence-electron chi connectivity index (χ3n) is 2.21. The molecule has 0 aliphatic carbocycles. The molecule has 0 bridgehead atoms. The van der Waals surface area contributed by atoms with E-state index in [0.717, 1.165) is 18.2 Å². The molecular formula is C12H7BrF2O2. The molecule has 0 saturated carbocycles. The van der Waals surface area contributed by atoms with Gasteiger partial charge < -0.3 is 4.42 Å². The minimum absolute atomic E-state index is 0.0162. The highest BCUT2D eigenvalue weighted by atomic mass is 79.9. The third kappa shape index (κ3) is 2.79. The zero-order valence-electron chi connectivity index (χ0n) is 8.54. The second-order valence-corrected chi connectivity index (χ2v) is 4.22. The molecule has 0 aliphatic heterocycles. The van der Waals surface area contributed by atoms with E-state index in [0.29, 0.717) is 4.67 Å². The molecule has 0 saturated heterocycles. The zero-order chi connectivity index (χ0) is 12.4. The Kier molecular flexibility index (Phi) is 3.38. The van der Waals surface area contributed by atoms with Gasteiger partial charge in [0.05, 0.1) is 0 Å². The fraction of sp³-hybridized carbons (Fsp3) is 0.0833. The van der Waals surface area contributed by atoms with Gasteiger partial charge in [0.15, 0.2) is 10.4 Å². The highest BCUT2D eigenvalue weighted by Crippen LogP contribution is 2.17. The van der Waals surface area contributed by atoms with E-state index in [1.807, 2.05) is 0 Å². The Labute approximate surface area is 104 Å². The van der Waals surface area contributed by atoms with Crippen molar-refractivity contribution in [3.05, 3.63) is 58.0 Å². The number of carbonyl (C=O) groups is 1. The third-order valence-corrected chi connectivity index (χ3v) is 2.63. The summed E-state index contributed by atoms with van der Waals surface area (Å²) in [7, 11) is 0. The van der Waals surface area contributed by atoms with E-state index in [1.54, 1.807) is 6.07 Å². The van der Waals surface area contributed by atoms with E-state index < -0.39 is 17.4 Å². The molecule has 0 fully saturated rings. The summed E-state index contributed by atoms with van der Waals surface area (Å²) in [6, 6.07) is 6.05. The Morgan fingerprint density at radius 2 is 2.00 bits per heavy atom. The van der Waals surface area contributed by atoms with Gasteiger partial charge in [-0.3, -0.25) is 4.79 Å². The van der Waals surface area contributed by atoms with Crippen LogP contribution in [0.4, 0.5) is 8.78 Å². The van der Waals surface area contributed by atoms with Crippen molar-refractivity contribution >= 4 is 21.7 Å². The monoisotopic (exact) mass is 300 g/mol. The summed E-state index contributed by atoms with van der Waals surface area (Å²) >= 11 is 3.06. The van der Waals surface area contributed by atoms with Gasteiger partial charge in [0, 0.05) is 6.42 Å². The molecular weight excluding hydrogens is 294 g/mol. The maximum Gasteiger partial charge on any atom is 0.202 e. The number of hydrogen-bond acceptors (Lipinski definition) is 2. The topological polar surface area (TPSA) is 30.2 Å². The molecule has 0 radical (unpaired) electrons. The van der Waals surface area contributed by atoms with Crippen LogP contribution in [0.3, 0.4) is 0 Å². The predicted molar refractivity (Wildman–Crippen MR) is 60.8 cm³/mol. The average molecular weight is 301 g/mol. The van der Waals surface area contributed by atoms with E-state index >= 15 is 0 Å². The summed E-state index contributed by atoms with van der Waals surface area (Å²) in [5, 5.41) is 0. The molecule has 2 nitrogen and oxygen atoms in total. The number of Topliss-reactive ketones (excluding diaryl/α,β-unsaturated/α-hetero) is 1. The largest absolute Gasteiger partial charge is 0.446 e. The molecule has 0 spiro atoms. The van der Waals surface area contributed by atoms with Gasteiger partial charge >= 0.3 is 0 Å². The molecule has 2 aromatic rings. The Hall–Kier alpha value is -1.49. The SMILES string of the molecule is O=C(Cc1cc(F)ccc1F)c1ccc(Br)o1. The van der Waals surface area contributed by atoms with Crippen molar-refractivity contribution in [2.75, 3.05) is 0 Å². The Balaban J connectivity index is 2.21. The van der Waals surface area contributed by atoms with Crippen LogP contribution in [0.25, 0.3) is 0 Å². The van der Waals surface area contributed by atoms with Gasteiger partial charge in [-0.15, -0.1) is 0 Å². The summed E-state index contributed by atoms with van der Waals surface area (Å²) < 4.78 is 31.6. The molecule has 0 aliphatic rings. The number of hydrogen-bond donors (Lipinski definition) is 0. The first-order valence-corrected chi connectivity index (χ1v) is 5.58. The summed E-state index contributed by atoms with van der Waals surface area (Å²) in [4.78, 5) is 11.7. The zero-order valence-corrected chi connectivity index (χ0v) is 10.1. The van der Waals surface area contributed by atoms with Crippen molar-refractivity contribution in [1.82, 2.24) is 0 Å². The van der Waals surface area contributed by atoms with Crippen LogP contribution in [0.5, 0.6) is 0 Å². The van der Waals surface area contributed by atoms with Crippen LogP contribution in [0.2, 0.25) is 0 Å². The second-order valence-electron chi connectivity index (χ2n) is 3.44. The van der Waals surface area contributed by atoms with E-state index in [4.69, 9.17) is 4.42 Å². The lowest BCUT2D eigenvalue weighted by Gasteiger charge is -2.01. The number of benzene rings is 1. The summed E-state index contributed by atoms with van der Waals surface area (Å²) in [6.45, 7) is 0. The predicted octanol–water partition coefficient (Wildman–Crippen LogP) is 3.75. The van der Waals surface area contributed by atoms with Crippen molar-refractivity contribution in [3.8, 4) is 0 Å². The summed E-state index contributed by atoms with van der Waals surface area (Å²) in [5.41, 5.74) is 0.0162. The van der Waals surface area contributed by atoms with Gasteiger partial charge in [0.2, 0.25) is 5.78 Å². The fourth-order valence-electron chi connectivity index (χ4n) is 1.40. The van der Waals surface area contributed by atoms with Crippen LogP contribution < -0.4 is 0 Å². The number of ketones is 1. The van der Waals surface area contributed by atoms with Crippen molar-refractivity contribution in [1.29, 1.82) is 0 Å². The van der Waals surface area contributed by atoms with Crippen LogP contribution in [0.15, 0.2) is 39.4 Å². The lowest BCUT2D eigenvalue weighted by molar-refractivity contribution is 0.0964. The van der Waals surface area contributed by atoms with E-state index in [2.05, 4.69) is 15.9 Å². The summed E-state index contributed by atoms with van der Waals surface area (Å²) in [6.07, 6.45) is -0.233. The van der Waals surface area contributed by atoms with Crippen molar-refractivity contribution in [2.24, 2.45) is 0 Å². The second kappa shape index (κ2) is 4.79. The lowest BCUT2D eigenvalue weighted by Crippen LogP contribution is -2.04. The molecule has 0 atom stereocenters. The Morgan fingerprint density at radius 3 is 2.65 bits per heavy atom. The minimum Gasteiger partial charge on any atom is -0.446 e. The quantitative estimate of drug-likeness (QED) is 0.808. The maximum atomic E-state index is 13.3. The minimum atomic E-state index is -0.606. The van der Waals surface area contributed by atoms with E-state index in [9.17, 15) is 13.6 Å². The number of halogens is 3. The smallest absolute Gasteiger partial charge is 0.202 e. The molecule has 1 aromatic heterocycles. The number of carbonyl (C=O) groups excluding carboxylic acids is 1. The van der Waals surface area contributed by atoms with Gasteiger partial charge in [-0.2, -0.15) is 0 Å². The first kappa shape index (κ1) is 12.0. The number of rotatable bonds is 3. The normalized spacial score (nSPS) is 10.5. The van der Waals surface area contributed by atoms with Gasteiger partial charge in [-0.25, -0.2) is 8.78 Å². The van der Waals surface area contributed by atoms with Gasteiger partial charge in [0.25, 0.3) is 0 Å². The van der Waals surface area contributed by atoms with Crippen LogP contribution in [-0.2, 0) is 6.42 Å². The molecule has 88 valence electrons. The first-order chi connectivity index (χ1) is 8.06. The Bertz CT molecular complexity index is 563. The molecule has 1 aromatic carbocycles. The molecule has 0 unspecified atom stereocenters. The highest BCUT2D eigenvalue weighted by molar-refractivity contribution is 9.10. The lowest BCUT2D eigenvalue weighted by atomic mass is 10.1. The average Bonchev–Trinajstić information content (AvgIpc) is 2.70. The van der Waals surface area contributed by atoms with Gasteiger partial charge in [0.1, 0.15) is 11.6 Å². The standard InChI is InChI=1S/C12H7BrF2O2/c13-12-4-3-11(17-12)10(16)6-7-5-8(14)1-2-9(7)15/h1-5H,6H2. The fourth-order valence-corrected chi connectivity index (χ4v) is 1.71. The van der Waals surface area contributed by atoms with E-state index in [-0.39, 0.29) is 17.7 Å². The molecule has 0 amide bonds. The maximum absolute atomic E-state index is 13.3. The highest BCUT2D eigenvalue weighted by Gasteiger charge is 2.14. The van der Waals surface area contributed by atoms with Crippen molar-refractivity contribution in [2.45, 2.75) is 6.42 Å². The molecule has 2 rings (SSSR count). The van der Waals surface area contributed by atoms with Crippen LogP contribution >= 0.6 is 15.9 Å². The van der Waals surface area contributed by atoms with Crippen LogP contribution in [0, 0.1) is 11.6 Å².